The van der Waals surface area contributed by atoms with Crippen molar-refractivity contribution in [3.63, 3.8) is 0 Å². The summed E-state index contributed by atoms with van der Waals surface area (Å²) in [4.78, 5) is 13.5. The molecule has 17 heavy (non-hydrogen) atoms. The highest BCUT2D eigenvalue weighted by molar-refractivity contribution is 7.10. The van der Waals surface area contributed by atoms with Crippen LogP contribution in [-0.2, 0) is 4.79 Å². The third-order valence-corrected chi connectivity index (χ3v) is 4.46. The molecule has 1 aromatic rings. The smallest absolute Gasteiger partial charge is 0.240 e. The van der Waals surface area contributed by atoms with E-state index in [4.69, 9.17) is 0 Å². The van der Waals surface area contributed by atoms with Crippen LogP contribution in [0.5, 0.6) is 0 Å². The van der Waals surface area contributed by atoms with Crippen LogP contribution in [0.4, 0.5) is 0 Å². The SMILES string of the molecule is CCC(NC(=O)C1(C)CCCN1)c1cccs1. The lowest BCUT2D eigenvalue weighted by Crippen LogP contribution is -2.51. The van der Waals surface area contributed by atoms with Crippen molar-refractivity contribution in [1.82, 2.24) is 10.6 Å². The van der Waals surface area contributed by atoms with Gasteiger partial charge in [0.2, 0.25) is 5.91 Å². The Morgan fingerprint density at radius 2 is 2.53 bits per heavy atom. The second-order valence-electron chi connectivity index (χ2n) is 4.81. The molecular weight excluding hydrogens is 232 g/mol. The van der Waals surface area contributed by atoms with Gasteiger partial charge >= 0.3 is 0 Å². The van der Waals surface area contributed by atoms with Gasteiger partial charge in [0, 0.05) is 4.88 Å². The molecule has 0 aliphatic carbocycles. The molecule has 1 aliphatic rings. The maximum Gasteiger partial charge on any atom is 0.240 e. The molecule has 1 aromatic heterocycles. The van der Waals surface area contributed by atoms with Crippen LogP contribution >= 0.6 is 11.3 Å². The zero-order valence-corrected chi connectivity index (χ0v) is 11.3. The summed E-state index contributed by atoms with van der Waals surface area (Å²) in [5.41, 5.74) is -0.370. The number of thiophene rings is 1. The summed E-state index contributed by atoms with van der Waals surface area (Å²) in [5, 5.41) is 8.51. The van der Waals surface area contributed by atoms with Gasteiger partial charge < -0.3 is 10.6 Å². The lowest BCUT2D eigenvalue weighted by molar-refractivity contribution is -0.127. The predicted molar refractivity (Wildman–Crippen MR) is 71.1 cm³/mol. The van der Waals surface area contributed by atoms with E-state index in [1.54, 1.807) is 11.3 Å². The van der Waals surface area contributed by atoms with Gasteiger partial charge in [-0.15, -0.1) is 11.3 Å². The van der Waals surface area contributed by atoms with Gasteiger partial charge in [0.1, 0.15) is 0 Å². The molecule has 2 heterocycles. The van der Waals surface area contributed by atoms with Gasteiger partial charge in [0.25, 0.3) is 0 Å². The van der Waals surface area contributed by atoms with Crippen LogP contribution in [-0.4, -0.2) is 18.0 Å². The highest BCUT2D eigenvalue weighted by atomic mass is 32.1. The molecule has 3 nitrogen and oxygen atoms in total. The zero-order valence-electron chi connectivity index (χ0n) is 10.5. The van der Waals surface area contributed by atoms with E-state index in [1.165, 1.54) is 4.88 Å². The van der Waals surface area contributed by atoms with Gasteiger partial charge in [0.05, 0.1) is 11.6 Å². The molecule has 2 atom stereocenters. The fourth-order valence-corrected chi connectivity index (χ4v) is 3.13. The highest BCUT2D eigenvalue weighted by Crippen LogP contribution is 2.24. The van der Waals surface area contributed by atoms with Crippen molar-refractivity contribution in [2.24, 2.45) is 0 Å². The first-order valence-electron chi connectivity index (χ1n) is 6.25. The Morgan fingerprint density at radius 3 is 3.06 bits per heavy atom. The number of carbonyl (C=O) groups excluding carboxylic acids is 1. The molecule has 4 heteroatoms. The largest absolute Gasteiger partial charge is 0.347 e. The van der Waals surface area contributed by atoms with E-state index < -0.39 is 0 Å². The molecule has 0 aromatic carbocycles. The van der Waals surface area contributed by atoms with E-state index in [1.807, 2.05) is 13.0 Å². The van der Waals surface area contributed by atoms with Gasteiger partial charge in [-0.3, -0.25) is 4.79 Å². The number of nitrogens with one attached hydrogen (secondary N) is 2. The van der Waals surface area contributed by atoms with Crippen molar-refractivity contribution in [1.29, 1.82) is 0 Å². The Bertz CT molecular complexity index is 369. The highest BCUT2D eigenvalue weighted by Gasteiger charge is 2.36. The Balaban J connectivity index is 2.02. The third kappa shape index (κ3) is 2.69. The standard InChI is InChI=1S/C13H20N2OS/c1-3-10(11-6-4-9-17-11)15-12(16)13(2)7-5-8-14-13/h4,6,9-10,14H,3,5,7-8H2,1-2H3,(H,15,16). The molecule has 1 fully saturated rings. The first-order chi connectivity index (χ1) is 8.15. The molecule has 0 spiro atoms. The molecule has 0 bridgehead atoms. The molecular formula is C13H20N2OS. The number of amides is 1. The topological polar surface area (TPSA) is 41.1 Å². The Morgan fingerprint density at radius 1 is 1.71 bits per heavy atom. The molecule has 1 aliphatic heterocycles. The fraction of sp³-hybridized carbons (Fsp3) is 0.615. The molecule has 2 unspecified atom stereocenters. The predicted octanol–water partition coefficient (Wildman–Crippen LogP) is 2.46. The summed E-state index contributed by atoms with van der Waals surface area (Å²) in [6.07, 6.45) is 2.95. The summed E-state index contributed by atoms with van der Waals surface area (Å²) in [5.74, 6) is 0.134. The van der Waals surface area contributed by atoms with E-state index >= 15 is 0 Å². The van der Waals surface area contributed by atoms with Gasteiger partial charge in [-0.1, -0.05) is 13.0 Å². The summed E-state index contributed by atoms with van der Waals surface area (Å²) >= 11 is 1.70. The zero-order chi connectivity index (χ0) is 12.3. The Kier molecular flexibility index (Phi) is 3.84. The average molecular weight is 252 g/mol. The molecule has 0 radical (unpaired) electrons. The van der Waals surface area contributed by atoms with E-state index in [0.717, 1.165) is 25.8 Å². The second kappa shape index (κ2) is 5.19. The molecule has 1 saturated heterocycles. The van der Waals surface area contributed by atoms with E-state index in [0.29, 0.717) is 0 Å². The summed E-state index contributed by atoms with van der Waals surface area (Å²) in [6, 6.07) is 4.27. The van der Waals surface area contributed by atoms with Crippen molar-refractivity contribution >= 4 is 17.2 Å². The number of carbonyl (C=O) groups is 1. The van der Waals surface area contributed by atoms with Crippen molar-refractivity contribution < 1.29 is 4.79 Å². The van der Waals surface area contributed by atoms with Crippen LogP contribution in [0.25, 0.3) is 0 Å². The van der Waals surface area contributed by atoms with Gasteiger partial charge in [-0.25, -0.2) is 0 Å². The quantitative estimate of drug-likeness (QED) is 0.864. The first-order valence-corrected chi connectivity index (χ1v) is 7.13. The van der Waals surface area contributed by atoms with Crippen LogP contribution < -0.4 is 10.6 Å². The molecule has 94 valence electrons. The van der Waals surface area contributed by atoms with E-state index in [9.17, 15) is 4.79 Å². The van der Waals surface area contributed by atoms with Crippen molar-refractivity contribution in [2.45, 2.75) is 44.7 Å². The third-order valence-electron chi connectivity index (χ3n) is 3.47. The van der Waals surface area contributed by atoms with Crippen molar-refractivity contribution in [3.05, 3.63) is 22.4 Å². The van der Waals surface area contributed by atoms with Gasteiger partial charge in [0.15, 0.2) is 0 Å². The minimum Gasteiger partial charge on any atom is -0.347 e. The maximum absolute atomic E-state index is 12.3. The Labute approximate surface area is 107 Å². The lowest BCUT2D eigenvalue weighted by atomic mass is 9.98. The fourth-order valence-electron chi connectivity index (χ4n) is 2.27. The molecule has 2 N–H and O–H groups in total. The van der Waals surface area contributed by atoms with Crippen LogP contribution in [0, 0.1) is 0 Å². The minimum absolute atomic E-state index is 0.134. The average Bonchev–Trinajstić information content (AvgIpc) is 2.97. The van der Waals surface area contributed by atoms with Gasteiger partial charge in [-0.05, 0) is 44.2 Å². The minimum atomic E-state index is -0.370. The van der Waals surface area contributed by atoms with Crippen molar-refractivity contribution in [3.8, 4) is 0 Å². The lowest BCUT2D eigenvalue weighted by Gasteiger charge is -2.26. The number of hydrogen-bond donors (Lipinski definition) is 2. The second-order valence-corrected chi connectivity index (χ2v) is 5.79. The summed E-state index contributed by atoms with van der Waals surface area (Å²) in [7, 11) is 0. The van der Waals surface area contributed by atoms with Crippen molar-refractivity contribution in [2.75, 3.05) is 6.54 Å². The van der Waals surface area contributed by atoms with Crippen LogP contribution in [0.2, 0.25) is 0 Å². The van der Waals surface area contributed by atoms with E-state index in [-0.39, 0.29) is 17.5 Å². The molecule has 0 saturated carbocycles. The maximum atomic E-state index is 12.3. The molecule has 1 amide bonds. The number of hydrogen-bond acceptors (Lipinski definition) is 3. The van der Waals surface area contributed by atoms with Gasteiger partial charge in [-0.2, -0.15) is 0 Å². The summed E-state index contributed by atoms with van der Waals surface area (Å²) < 4.78 is 0. The Hall–Kier alpha value is -0.870. The van der Waals surface area contributed by atoms with Crippen LogP contribution in [0.3, 0.4) is 0 Å². The first kappa shape index (κ1) is 12.6. The molecule has 2 rings (SSSR count). The van der Waals surface area contributed by atoms with Crippen LogP contribution in [0.15, 0.2) is 17.5 Å². The van der Waals surface area contributed by atoms with Crippen LogP contribution in [0.1, 0.15) is 44.0 Å². The monoisotopic (exact) mass is 252 g/mol. The van der Waals surface area contributed by atoms with E-state index in [2.05, 4.69) is 29.0 Å². The normalized spacial score (nSPS) is 25.8. The summed E-state index contributed by atoms with van der Waals surface area (Å²) in [6.45, 7) is 5.05. The number of rotatable bonds is 4.